The van der Waals surface area contributed by atoms with E-state index in [1.165, 1.54) is 0 Å². The highest BCUT2D eigenvalue weighted by Crippen LogP contribution is 2.22. The van der Waals surface area contributed by atoms with Crippen LogP contribution in [0.1, 0.15) is 6.42 Å². The zero-order valence-electron chi connectivity index (χ0n) is 9.41. The summed E-state index contributed by atoms with van der Waals surface area (Å²) in [5.74, 6) is 0.585. The van der Waals surface area contributed by atoms with Crippen molar-refractivity contribution < 1.29 is 4.79 Å². The Bertz CT molecular complexity index is 394. The number of benzene rings is 1. The van der Waals surface area contributed by atoms with Gasteiger partial charge in [-0.1, -0.05) is 12.1 Å². The average Bonchev–Trinajstić information content (AvgIpc) is 2.82. The lowest BCUT2D eigenvalue weighted by molar-refractivity contribution is -0.113. The Morgan fingerprint density at radius 1 is 1.53 bits per heavy atom. The third-order valence-corrected chi connectivity index (χ3v) is 4.61. The molecule has 0 saturated carbocycles. The van der Waals surface area contributed by atoms with Gasteiger partial charge in [-0.3, -0.25) is 4.79 Å². The molecule has 1 unspecified atom stereocenters. The predicted octanol–water partition coefficient (Wildman–Crippen LogP) is 2.48. The highest BCUT2D eigenvalue weighted by atomic mass is 79.9. The summed E-state index contributed by atoms with van der Waals surface area (Å²) >= 11 is 5.14. The monoisotopic (exact) mass is 314 g/mol. The summed E-state index contributed by atoms with van der Waals surface area (Å²) in [7, 11) is 0. The van der Waals surface area contributed by atoms with Crippen LogP contribution in [0, 0.1) is 0 Å². The van der Waals surface area contributed by atoms with E-state index < -0.39 is 0 Å². The first-order valence-corrected chi connectivity index (χ1v) is 7.46. The largest absolute Gasteiger partial charge is 0.324 e. The standard InChI is InChI=1S/C12H15BrN2OS/c13-10-3-1-2-4-11(10)15-12(16)8-17-9-5-6-14-7-9/h1-4,9,14H,5-8H2,(H,15,16). The number of nitrogens with one attached hydrogen (secondary N) is 2. The molecule has 0 aromatic heterocycles. The molecule has 92 valence electrons. The maximum atomic E-state index is 11.7. The molecule has 0 aliphatic carbocycles. The molecule has 1 fully saturated rings. The first kappa shape index (κ1) is 12.9. The quantitative estimate of drug-likeness (QED) is 0.897. The molecule has 1 heterocycles. The van der Waals surface area contributed by atoms with Gasteiger partial charge in [0.15, 0.2) is 0 Å². The van der Waals surface area contributed by atoms with Crippen molar-refractivity contribution in [3.8, 4) is 0 Å². The molecule has 1 aliphatic heterocycles. The van der Waals surface area contributed by atoms with Crippen LogP contribution in [-0.4, -0.2) is 30.0 Å². The lowest BCUT2D eigenvalue weighted by Gasteiger charge is -2.09. The number of rotatable bonds is 4. The Kier molecular flexibility index (Phi) is 4.88. The molecule has 1 aliphatic rings. The van der Waals surface area contributed by atoms with E-state index in [-0.39, 0.29) is 5.91 Å². The Morgan fingerprint density at radius 3 is 3.06 bits per heavy atom. The lowest BCUT2D eigenvalue weighted by Crippen LogP contribution is -2.18. The smallest absolute Gasteiger partial charge is 0.234 e. The summed E-state index contributed by atoms with van der Waals surface area (Å²) in [4.78, 5) is 11.7. The number of halogens is 1. The number of carbonyl (C=O) groups is 1. The second-order valence-electron chi connectivity index (χ2n) is 3.95. The zero-order valence-corrected chi connectivity index (χ0v) is 11.8. The average molecular weight is 315 g/mol. The minimum absolute atomic E-state index is 0.0637. The van der Waals surface area contributed by atoms with E-state index in [0.717, 1.165) is 29.7 Å². The van der Waals surface area contributed by atoms with Crippen LogP contribution in [0.4, 0.5) is 5.69 Å². The van der Waals surface area contributed by atoms with Gasteiger partial charge in [-0.2, -0.15) is 0 Å². The first-order valence-electron chi connectivity index (χ1n) is 5.62. The Labute approximate surface area is 114 Å². The highest BCUT2D eigenvalue weighted by Gasteiger charge is 2.16. The van der Waals surface area contributed by atoms with Crippen molar-refractivity contribution in [1.82, 2.24) is 5.32 Å². The molecule has 1 saturated heterocycles. The molecule has 1 aromatic carbocycles. The summed E-state index contributed by atoms with van der Waals surface area (Å²) < 4.78 is 0.917. The van der Waals surface area contributed by atoms with E-state index >= 15 is 0 Å². The number of thioether (sulfide) groups is 1. The molecule has 0 bridgehead atoms. The third kappa shape index (κ3) is 4.01. The lowest BCUT2D eigenvalue weighted by atomic mass is 10.3. The molecule has 1 atom stereocenters. The molecule has 3 nitrogen and oxygen atoms in total. The van der Waals surface area contributed by atoms with Crippen molar-refractivity contribution in [1.29, 1.82) is 0 Å². The van der Waals surface area contributed by atoms with Crippen LogP contribution in [0.15, 0.2) is 28.7 Å². The zero-order chi connectivity index (χ0) is 12.1. The maximum absolute atomic E-state index is 11.7. The van der Waals surface area contributed by atoms with E-state index in [4.69, 9.17) is 0 Å². The van der Waals surface area contributed by atoms with Gasteiger partial charge >= 0.3 is 0 Å². The van der Waals surface area contributed by atoms with Crippen molar-refractivity contribution in [3.05, 3.63) is 28.7 Å². The fraction of sp³-hybridized carbons (Fsp3) is 0.417. The topological polar surface area (TPSA) is 41.1 Å². The molecule has 17 heavy (non-hydrogen) atoms. The van der Waals surface area contributed by atoms with Gasteiger partial charge in [-0.05, 0) is 41.0 Å². The van der Waals surface area contributed by atoms with Crippen molar-refractivity contribution in [2.24, 2.45) is 0 Å². The van der Waals surface area contributed by atoms with Crippen molar-refractivity contribution in [2.75, 3.05) is 24.2 Å². The van der Waals surface area contributed by atoms with Crippen LogP contribution >= 0.6 is 27.7 Å². The van der Waals surface area contributed by atoms with E-state index in [9.17, 15) is 4.79 Å². The van der Waals surface area contributed by atoms with Crippen molar-refractivity contribution in [3.63, 3.8) is 0 Å². The summed E-state index contributed by atoms with van der Waals surface area (Å²) in [5.41, 5.74) is 0.836. The Morgan fingerprint density at radius 2 is 2.35 bits per heavy atom. The third-order valence-electron chi connectivity index (χ3n) is 2.61. The number of amides is 1. The van der Waals surface area contributed by atoms with Gasteiger partial charge < -0.3 is 10.6 Å². The summed E-state index contributed by atoms with van der Waals surface area (Å²) in [5, 5.41) is 6.79. The molecule has 2 N–H and O–H groups in total. The van der Waals surface area contributed by atoms with Crippen LogP contribution in [0.2, 0.25) is 0 Å². The summed E-state index contributed by atoms with van der Waals surface area (Å²) in [6.45, 7) is 2.09. The number of anilines is 1. The van der Waals surface area contributed by atoms with Gasteiger partial charge in [-0.25, -0.2) is 0 Å². The van der Waals surface area contributed by atoms with Crippen molar-refractivity contribution >= 4 is 39.3 Å². The number of hydrogen-bond acceptors (Lipinski definition) is 3. The van der Waals surface area contributed by atoms with Gasteiger partial charge in [0.05, 0.1) is 11.4 Å². The maximum Gasteiger partial charge on any atom is 0.234 e. The van der Waals surface area contributed by atoms with Gasteiger partial charge in [0.25, 0.3) is 0 Å². The molecule has 1 amide bonds. The van der Waals surface area contributed by atoms with E-state index in [1.54, 1.807) is 11.8 Å². The summed E-state index contributed by atoms with van der Waals surface area (Å²) in [6.07, 6.45) is 1.16. The molecule has 1 aromatic rings. The Balaban J connectivity index is 1.79. The van der Waals surface area contributed by atoms with Crippen molar-refractivity contribution in [2.45, 2.75) is 11.7 Å². The van der Waals surface area contributed by atoms with E-state index in [0.29, 0.717) is 11.0 Å². The first-order chi connectivity index (χ1) is 8.25. The van der Waals surface area contributed by atoms with Crippen LogP contribution in [0.25, 0.3) is 0 Å². The van der Waals surface area contributed by atoms with Gasteiger partial charge in [0.2, 0.25) is 5.91 Å². The van der Waals surface area contributed by atoms with Gasteiger partial charge in [-0.15, -0.1) is 11.8 Å². The molecular formula is C12H15BrN2OS. The van der Waals surface area contributed by atoms with E-state index in [2.05, 4.69) is 26.6 Å². The number of hydrogen-bond donors (Lipinski definition) is 2. The molecule has 0 radical (unpaired) electrons. The van der Waals surface area contributed by atoms with Gasteiger partial charge in [0, 0.05) is 16.3 Å². The second kappa shape index (κ2) is 6.42. The van der Waals surface area contributed by atoms with Crippen LogP contribution in [0.5, 0.6) is 0 Å². The molecule has 0 spiro atoms. The normalized spacial score (nSPS) is 19.2. The summed E-state index contributed by atoms with van der Waals surface area (Å²) in [6, 6.07) is 7.65. The predicted molar refractivity (Wildman–Crippen MR) is 76.5 cm³/mol. The SMILES string of the molecule is O=C(CSC1CCNC1)Nc1ccccc1Br. The van der Waals surface area contributed by atoms with E-state index in [1.807, 2.05) is 24.3 Å². The molecular weight excluding hydrogens is 300 g/mol. The fourth-order valence-electron chi connectivity index (χ4n) is 1.71. The highest BCUT2D eigenvalue weighted by molar-refractivity contribution is 9.10. The molecule has 5 heteroatoms. The van der Waals surface area contributed by atoms with Gasteiger partial charge in [0.1, 0.15) is 0 Å². The fourth-order valence-corrected chi connectivity index (χ4v) is 3.08. The van der Waals surface area contributed by atoms with Crippen LogP contribution in [-0.2, 0) is 4.79 Å². The minimum atomic E-state index is 0.0637. The minimum Gasteiger partial charge on any atom is -0.324 e. The molecule has 2 rings (SSSR count). The number of para-hydroxylation sites is 1. The number of carbonyl (C=O) groups excluding carboxylic acids is 1. The van der Waals surface area contributed by atoms with Crippen LogP contribution in [0.3, 0.4) is 0 Å². The second-order valence-corrected chi connectivity index (χ2v) is 6.10. The van der Waals surface area contributed by atoms with Crippen LogP contribution < -0.4 is 10.6 Å². The Hall–Kier alpha value is -0.520.